The zero-order chi connectivity index (χ0) is 14.1. The van der Waals surface area contributed by atoms with Crippen LogP contribution < -0.4 is 5.32 Å². The van der Waals surface area contributed by atoms with Crippen LogP contribution in [0.2, 0.25) is 0 Å². The highest BCUT2D eigenvalue weighted by atomic mass is 19.4. The van der Waals surface area contributed by atoms with E-state index in [-0.39, 0.29) is 5.56 Å². The van der Waals surface area contributed by atoms with E-state index in [0.29, 0.717) is 0 Å². The second-order valence-corrected chi connectivity index (χ2v) is 3.25. The van der Waals surface area contributed by atoms with Crippen LogP contribution in [0.1, 0.15) is 16.1 Å². The Balaban J connectivity index is 3.28. The third-order valence-electron chi connectivity index (χ3n) is 2.00. The van der Waals surface area contributed by atoms with Crippen molar-refractivity contribution in [2.24, 2.45) is 7.05 Å². The predicted octanol–water partition coefficient (Wildman–Crippen LogP) is 1.10. The zero-order valence-electron chi connectivity index (χ0n) is 8.87. The Bertz CT molecular complexity index is 554. The molecular formula is C9H6F3N3O3. The highest BCUT2D eigenvalue weighted by Gasteiger charge is 2.40. The molecule has 9 heteroatoms. The Kier molecular flexibility index (Phi) is 3.32. The van der Waals surface area contributed by atoms with Gasteiger partial charge in [0.2, 0.25) is 0 Å². The number of nitrogens with zero attached hydrogens (tertiary/aromatic N) is 2. The van der Waals surface area contributed by atoms with E-state index in [1.54, 1.807) is 0 Å². The molecule has 0 fully saturated rings. The minimum absolute atomic E-state index is 0.368. The first kappa shape index (κ1) is 13.6. The number of amides is 1. The molecule has 96 valence electrons. The van der Waals surface area contributed by atoms with Gasteiger partial charge in [0.05, 0.1) is 11.3 Å². The SMILES string of the molecule is Cn1cc(C#N)c(NC(=O)C(F)(F)F)c1C(=O)O. The van der Waals surface area contributed by atoms with Gasteiger partial charge in [0, 0.05) is 13.2 Å². The molecule has 1 rings (SSSR count). The number of hydrogen-bond acceptors (Lipinski definition) is 3. The number of alkyl halides is 3. The van der Waals surface area contributed by atoms with E-state index in [4.69, 9.17) is 10.4 Å². The fraction of sp³-hybridized carbons (Fsp3) is 0.222. The number of hydrogen-bond donors (Lipinski definition) is 2. The van der Waals surface area contributed by atoms with E-state index >= 15 is 0 Å². The van der Waals surface area contributed by atoms with Crippen molar-refractivity contribution in [3.63, 3.8) is 0 Å². The van der Waals surface area contributed by atoms with Crippen molar-refractivity contribution in [3.8, 4) is 6.07 Å². The van der Waals surface area contributed by atoms with Gasteiger partial charge in [-0.15, -0.1) is 0 Å². The number of aromatic nitrogens is 1. The van der Waals surface area contributed by atoms with E-state index in [1.165, 1.54) is 18.4 Å². The van der Waals surface area contributed by atoms with Crippen molar-refractivity contribution in [2.75, 3.05) is 5.32 Å². The van der Waals surface area contributed by atoms with Gasteiger partial charge in [-0.3, -0.25) is 4.79 Å². The van der Waals surface area contributed by atoms with Gasteiger partial charge in [-0.2, -0.15) is 18.4 Å². The van der Waals surface area contributed by atoms with Gasteiger partial charge >= 0.3 is 18.1 Å². The molecule has 6 nitrogen and oxygen atoms in total. The minimum atomic E-state index is -5.17. The number of carboxylic acid groups (broad SMARTS) is 1. The first-order valence-corrected chi connectivity index (χ1v) is 4.39. The van der Waals surface area contributed by atoms with Gasteiger partial charge in [0.1, 0.15) is 6.07 Å². The number of carbonyl (C=O) groups excluding carboxylic acids is 1. The Labute approximate surface area is 98.2 Å². The molecule has 0 atom stereocenters. The van der Waals surface area contributed by atoms with Crippen molar-refractivity contribution in [3.05, 3.63) is 17.5 Å². The summed E-state index contributed by atoms with van der Waals surface area (Å²) in [6, 6.07) is 1.50. The Morgan fingerprint density at radius 1 is 1.50 bits per heavy atom. The third kappa shape index (κ3) is 2.42. The standard InChI is InChI=1S/C9H6F3N3O3/c1-15-3-4(2-13)5(6(15)7(16)17)14-8(18)9(10,11)12/h3H,1H3,(H,14,18)(H,16,17). The van der Waals surface area contributed by atoms with E-state index in [9.17, 15) is 22.8 Å². The summed E-state index contributed by atoms with van der Waals surface area (Å²) in [7, 11) is 1.23. The summed E-state index contributed by atoms with van der Waals surface area (Å²) in [5.41, 5.74) is -1.65. The molecule has 0 aliphatic carbocycles. The van der Waals surface area contributed by atoms with Gasteiger partial charge < -0.3 is 15.0 Å². The number of halogens is 3. The molecule has 0 bridgehead atoms. The maximum Gasteiger partial charge on any atom is 0.471 e. The predicted molar refractivity (Wildman–Crippen MR) is 51.8 cm³/mol. The first-order valence-electron chi connectivity index (χ1n) is 4.39. The Morgan fingerprint density at radius 2 is 2.06 bits per heavy atom. The van der Waals surface area contributed by atoms with Gasteiger partial charge in [-0.1, -0.05) is 0 Å². The molecule has 0 aromatic carbocycles. The lowest BCUT2D eigenvalue weighted by Crippen LogP contribution is -2.30. The highest BCUT2D eigenvalue weighted by Crippen LogP contribution is 2.25. The highest BCUT2D eigenvalue weighted by molar-refractivity contribution is 6.03. The number of anilines is 1. The first-order chi connectivity index (χ1) is 8.18. The summed E-state index contributed by atoms with van der Waals surface area (Å²) in [6.45, 7) is 0. The summed E-state index contributed by atoms with van der Waals surface area (Å²) in [5.74, 6) is -3.90. The van der Waals surface area contributed by atoms with Crippen LogP contribution in [0, 0.1) is 11.3 Å². The van der Waals surface area contributed by atoms with Crippen molar-refractivity contribution >= 4 is 17.6 Å². The van der Waals surface area contributed by atoms with Crippen LogP contribution in [-0.4, -0.2) is 27.7 Å². The van der Waals surface area contributed by atoms with E-state index in [2.05, 4.69) is 0 Å². The Hall–Kier alpha value is -2.50. The van der Waals surface area contributed by atoms with Crippen LogP contribution in [0.4, 0.5) is 18.9 Å². The molecule has 2 N–H and O–H groups in total. The Morgan fingerprint density at radius 3 is 2.44 bits per heavy atom. The normalized spacial score (nSPS) is 10.8. The van der Waals surface area contributed by atoms with Crippen LogP contribution in [-0.2, 0) is 11.8 Å². The minimum Gasteiger partial charge on any atom is -0.477 e. The molecule has 1 heterocycles. The van der Waals surface area contributed by atoms with Gasteiger partial charge in [0.15, 0.2) is 5.69 Å². The van der Waals surface area contributed by atoms with Gasteiger partial charge in [-0.05, 0) is 0 Å². The quantitative estimate of drug-likeness (QED) is 0.833. The molecule has 18 heavy (non-hydrogen) atoms. The van der Waals surface area contributed by atoms with Crippen LogP contribution in [0.5, 0.6) is 0 Å². The fourth-order valence-electron chi connectivity index (χ4n) is 1.28. The number of aryl methyl sites for hydroxylation is 1. The molecule has 0 radical (unpaired) electrons. The fourth-order valence-corrected chi connectivity index (χ4v) is 1.28. The molecule has 0 saturated carbocycles. The molecule has 1 aromatic rings. The maximum absolute atomic E-state index is 12.1. The van der Waals surface area contributed by atoms with Crippen LogP contribution >= 0.6 is 0 Å². The number of nitrogens with one attached hydrogen (secondary N) is 1. The summed E-state index contributed by atoms with van der Waals surface area (Å²) >= 11 is 0. The average molecular weight is 261 g/mol. The lowest BCUT2D eigenvalue weighted by molar-refractivity contribution is -0.167. The van der Waals surface area contributed by atoms with Crippen molar-refractivity contribution in [1.82, 2.24) is 4.57 Å². The van der Waals surface area contributed by atoms with Crippen molar-refractivity contribution in [1.29, 1.82) is 5.26 Å². The molecular weight excluding hydrogens is 255 g/mol. The monoisotopic (exact) mass is 261 g/mol. The molecule has 0 aliphatic rings. The number of rotatable bonds is 2. The molecule has 0 spiro atoms. The molecule has 1 amide bonds. The van der Waals surface area contributed by atoms with E-state index in [0.717, 1.165) is 10.8 Å². The number of carboxylic acids is 1. The van der Waals surface area contributed by atoms with Crippen LogP contribution in [0.3, 0.4) is 0 Å². The second kappa shape index (κ2) is 4.40. The zero-order valence-corrected chi connectivity index (χ0v) is 8.87. The van der Waals surface area contributed by atoms with Crippen LogP contribution in [0.15, 0.2) is 6.20 Å². The number of carbonyl (C=O) groups is 2. The molecule has 1 aromatic heterocycles. The van der Waals surface area contributed by atoms with E-state index < -0.39 is 29.4 Å². The lowest BCUT2D eigenvalue weighted by Gasteiger charge is -2.08. The summed E-state index contributed by atoms with van der Waals surface area (Å²) < 4.78 is 37.1. The lowest BCUT2D eigenvalue weighted by atomic mass is 10.2. The van der Waals surface area contributed by atoms with Crippen LogP contribution in [0.25, 0.3) is 0 Å². The van der Waals surface area contributed by atoms with Crippen molar-refractivity contribution in [2.45, 2.75) is 6.18 Å². The number of aromatic carboxylic acids is 1. The molecule has 0 aliphatic heterocycles. The summed E-state index contributed by atoms with van der Waals surface area (Å²) in [5, 5.41) is 18.9. The smallest absolute Gasteiger partial charge is 0.471 e. The topological polar surface area (TPSA) is 95.1 Å². The average Bonchev–Trinajstić information content (AvgIpc) is 2.53. The third-order valence-corrected chi connectivity index (χ3v) is 2.00. The van der Waals surface area contributed by atoms with Crippen molar-refractivity contribution < 1.29 is 27.9 Å². The molecule has 0 saturated heterocycles. The summed E-state index contributed by atoms with van der Waals surface area (Å²) in [6.07, 6.45) is -4.16. The maximum atomic E-state index is 12.1. The number of nitriles is 1. The van der Waals surface area contributed by atoms with Gasteiger partial charge in [0.25, 0.3) is 0 Å². The van der Waals surface area contributed by atoms with Gasteiger partial charge in [-0.25, -0.2) is 4.79 Å². The largest absolute Gasteiger partial charge is 0.477 e. The van der Waals surface area contributed by atoms with E-state index in [1.807, 2.05) is 0 Å². The second-order valence-electron chi connectivity index (χ2n) is 3.25. The summed E-state index contributed by atoms with van der Waals surface area (Å²) in [4.78, 5) is 21.6. The molecule has 0 unspecified atom stereocenters.